The third-order valence-electron chi connectivity index (χ3n) is 21.3. The quantitative estimate of drug-likeness (QED) is 0.163. The van der Waals surface area contributed by atoms with Crippen LogP contribution in [0.25, 0.3) is 11.1 Å². The van der Waals surface area contributed by atoms with E-state index in [0.29, 0.717) is 5.92 Å². The molecule has 64 heavy (non-hydrogen) atoms. The van der Waals surface area contributed by atoms with Gasteiger partial charge in [0.2, 0.25) is 0 Å². The van der Waals surface area contributed by atoms with Gasteiger partial charge in [-0.2, -0.15) is 0 Å². The van der Waals surface area contributed by atoms with Crippen molar-refractivity contribution in [2.75, 3.05) is 9.80 Å². The van der Waals surface area contributed by atoms with Crippen molar-refractivity contribution in [1.82, 2.24) is 0 Å². The van der Waals surface area contributed by atoms with Gasteiger partial charge in [0.25, 0.3) is 6.71 Å². The van der Waals surface area contributed by atoms with Crippen molar-refractivity contribution in [2.45, 2.75) is 192 Å². The van der Waals surface area contributed by atoms with Crippen molar-refractivity contribution >= 4 is 45.9 Å². The second-order valence-corrected chi connectivity index (χ2v) is 25.1. The van der Waals surface area contributed by atoms with Crippen LogP contribution in [0, 0.1) is 19.3 Å². The van der Waals surface area contributed by atoms with E-state index in [9.17, 15) is 0 Å². The summed E-state index contributed by atoms with van der Waals surface area (Å²) in [4.78, 5) is 6.08. The fourth-order valence-corrected chi connectivity index (χ4v) is 17.4. The maximum absolute atomic E-state index is 3.05. The Labute approximate surface area is 385 Å². The third kappa shape index (κ3) is 4.44. The summed E-state index contributed by atoms with van der Waals surface area (Å²) in [5.41, 5.74) is 26.7. The van der Waals surface area contributed by atoms with Gasteiger partial charge in [0.05, 0.1) is 11.1 Å². The van der Waals surface area contributed by atoms with Gasteiger partial charge in [-0.15, -0.1) is 0 Å². The number of benzene rings is 5. The van der Waals surface area contributed by atoms with Crippen molar-refractivity contribution < 1.29 is 0 Å². The normalized spacial score (nSPS) is 33.5. The number of rotatable bonds is 2. The molecular weight excluding hydrogens is 771 g/mol. The van der Waals surface area contributed by atoms with Crippen molar-refractivity contribution in [3.8, 4) is 11.1 Å². The van der Waals surface area contributed by atoms with Crippen molar-refractivity contribution in [3.63, 3.8) is 0 Å². The standard InChI is InChI=1S/C61H71BN2/c1-37-31-38(2)51-54-49(37)59(9)28-18-20-30-61(59,11)64(54)48-34-41(50-43-24-23-40(39-21-13-12-14-22-39)32-44(43)56(6)25-15-16-27-58(50,56)8)33-47-52(48)62(51)46-36-42(55(3,4)5)35-45-53(46)63(47)60(10)29-19-17-26-57(45,60)7/h12-14,21-24,31-36,50H,15-20,25-30H2,1-11H3. The minimum absolute atomic E-state index is 0.00731. The molecule has 5 aromatic rings. The molecule has 5 aromatic carbocycles. The van der Waals surface area contributed by atoms with Gasteiger partial charge in [-0.1, -0.05) is 159 Å². The van der Waals surface area contributed by atoms with E-state index in [-0.39, 0.29) is 44.9 Å². The predicted molar refractivity (Wildman–Crippen MR) is 273 cm³/mol. The molecule has 4 heterocycles. The van der Waals surface area contributed by atoms with E-state index in [0.717, 1.165) is 0 Å². The topological polar surface area (TPSA) is 6.48 Å². The molecule has 0 spiro atoms. The molecule has 0 aromatic heterocycles. The summed E-state index contributed by atoms with van der Waals surface area (Å²) in [5.74, 6) is 0.322. The highest BCUT2D eigenvalue weighted by Gasteiger charge is 2.66. The maximum Gasteiger partial charge on any atom is 0.252 e. The number of anilines is 4. The molecule has 3 fully saturated rings. The van der Waals surface area contributed by atoms with Crippen LogP contribution in [0.5, 0.6) is 0 Å². The lowest BCUT2D eigenvalue weighted by molar-refractivity contribution is 0.0923. The third-order valence-corrected chi connectivity index (χ3v) is 21.3. The Kier molecular flexibility index (Phi) is 7.76. The average molecular weight is 843 g/mol. The van der Waals surface area contributed by atoms with E-state index in [2.05, 4.69) is 165 Å². The van der Waals surface area contributed by atoms with Crippen molar-refractivity contribution in [3.05, 3.63) is 123 Å². The molecule has 3 heteroatoms. The first-order valence-electron chi connectivity index (χ1n) is 25.7. The molecule has 0 radical (unpaired) electrons. The van der Waals surface area contributed by atoms with Crippen LogP contribution in [0.3, 0.4) is 0 Å². The lowest BCUT2D eigenvalue weighted by Crippen LogP contribution is -2.67. The Bertz CT molecular complexity index is 2880. The first-order valence-corrected chi connectivity index (χ1v) is 25.7. The van der Waals surface area contributed by atoms with Crippen LogP contribution in [-0.2, 0) is 21.7 Å². The van der Waals surface area contributed by atoms with E-state index < -0.39 is 0 Å². The molecule has 0 bridgehead atoms. The zero-order valence-electron chi connectivity index (χ0n) is 41.0. The molecule has 13 rings (SSSR count). The molecule has 4 aliphatic carbocycles. The largest absolute Gasteiger partial charge is 0.335 e. The number of nitrogens with zero attached hydrogens (tertiary/aromatic N) is 2. The van der Waals surface area contributed by atoms with Crippen LogP contribution in [-0.4, -0.2) is 17.8 Å². The highest BCUT2D eigenvalue weighted by molar-refractivity contribution is 7.00. The lowest BCUT2D eigenvalue weighted by Gasteiger charge is -2.55. The minimum atomic E-state index is -0.0142. The van der Waals surface area contributed by atoms with Gasteiger partial charge in [0.15, 0.2) is 0 Å². The fraction of sp³-hybridized carbons (Fsp3) is 0.508. The zero-order valence-corrected chi connectivity index (χ0v) is 41.0. The summed E-state index contributed by atoms with van der Waals surface area (Å²) in [5, 5.41) is 0. The molecule has 7 atom stereocenters. The Morgan fingerprint density at radius 1 is 0.547 bits per heavy atom. The van der Waals surface area contributed by atoms with E-state index >= 15 is 0 Å². The molecule has 0 saturated heterocycles. The molecule has 2 nitrogen and oxygen atoms in total. The van der Waals surface area contributed by atoms with Crippen molar-refractivity contribution in [1.29, 1.82) is 0 Å². The highest BCUT2D eigenvalue weighted by atomic mass is 15.3. The molecule has 3 saturated carbocycles. The highest BCUT2D eigenvalue weighted by Crippen LogP contribution is 2.70. The van der Waals surface area contributed by atoms with Gasteiger partial charge >= 0.3 is 0 Å². The smallest absolute Gasteiger partial charge is 0.252 e. The lowest BCUT2D eigenvalue weighted by atomic mass is 9.32. The molecule has 4 aliphatic heterocycles. The number of fused-ring (bicyclic) bond motifs is 13. The van der Waals surface area contributed by atoms with Crippen molar-refractivity contribution in [2.24, 2.45) is 5.41 Å². The minimum Gasteiger partial charge on any atom is -0.335 e. The summed E-state index contributed by atoms with van der Waals surface area (Å²) < 4.78 is 0. The second-order valence-electron chi connectivity index (χ2n) is 25.1. The Balaban J connectivity index is 1.16. The summed E-state index contributed by atoms with van der Waals surface area (Å²) in [6.45, 7) is 28.6. The fourth-order valence-electron chi connectivity index (χ4n) is 17.4. The van der Waals surface area contributed by atoms with Gasteiger partial charge in [-0.05, 0) is 161 Å². The van der Waals surface area contributed by atoms with E-state index in [1.54, 1.807) is 67.0 Å². The second kappa shape index (κ2) is 12.4. The van der Waals surface area contributed by atoms with Crippen LogP contribution in [0.1, 0.15) is 190 Å². The van der Waals surface area contributed by atoms with E-state index in [1.807, 2.05) is 0 Å². The summed E-state index contributed by atoms with van der Waals surface area (Å²) in [6.07, 6.45) is 15.4. The number of aryl methyl sites for hydroxylation is 2. The van der Waals surface area contributed by atoms with Crippen LogP contribution >= 0.6 is 0 Å². The monoisotopic (exact) mass is 843 g/mol. The molecule has 328 valence electrons. The Morgan fingerprint density at radius 3 is 1.84 bits per heavy atom. The van der Waals surface area contributed by atoms with Crippen LogP contribution in [0.4, 0.5) is 22.7 Å². The van der Waals surface area contributed by atoms with Crippen LogP contribution in [0.2, 0.25) is 0 Å². The molecule has 0 amide bonds. The van der Waals surface area contributed by atoms with E-state index in [1.165, 1.54) is 105 Å². The molecule has 7 unspecified atom stereocenters. The summed E-state index contributed by atoms with van der Waals surface area (Å²) in [7, 11) is 0. The Hall–Kier alpha value is -4.24. The summed E-state index contributed by atoms with van der Waals surface area (Å²) >= 11 is 0. The maximum atomic E-state index is 3.05. The Morgan fingerprint density at radius 2 is 1.16 bits per heavy atom. The molecule has 8 aliphatic rings. The van der Waals surface area contributed by atoms with Gasteiger partial charge in [0.1, 0.15) is 0 Å². The van der Waals surface area contributed by atoms with Gasteiger partial charge in [-0.25, -0.2) is 0 Å². The average Bonchev–Trinajstić information content (AvgIpc) is 3.72. The van der Waals surface area contributed by atoms with Crippen LogP contribution in [0.15, 0.2) is 78.9 Å². The molecule has 0 N–H and O–H groups in total. The van der Waals surface area contributed by atoms with Gasteiger partial charge < -0.3 is 9.80 Å². The first kappa shape index (κ1) is 40.1. The first-order chi connectivity index (χ1) is 30.4. The van der Waals surface area contributed by atoms with Gasteiger partial charge in [-0.3, -0.25) is 0 Å². The SMILES string of the molecule is Cc1cc(C)c2c3c1B1c4cc(C(C)(C)C)cc5c4N(c4cc(C6c7ccc(-c8ccccc8)cc7C7(C)CCCCC67C)cc(c41)N3C1(C)CCCCC21C)C1(C)CCCCC51C. The van der Waals surface area contributed by atoms with E-state index in [4.69, 9.17) is 0 Å². The molecular formula is C61H71BN2. The summed E-state index contributed by atoms with van der Waals surface area (Å²) in [6, 6.07) is 32.6. The van der Waals surface area contributed by atoms with Crippen LogP contribution < -0.4 is 26.2 Å². The number of hydrogen-bond donors (Lipinski definition) is 0. The zero-order chi connectivity index (χ0) is 44.3. The predicted octanol–water partition coefficient (Wildman–Crippen LogP) is 13.9. The van der Waals surface area contributed by atoms with Gasteiger partial charge in [0, 0.05) is 39.5 Å². The number of hydrogen-bond acceptors (Lipinski definition) is 2.